The van der Waals surface area contributed by atoms with E-state index in [2.05, 4.69) is 25.7 Å². The summed E-state index contributed by atoms with van der Waals surface area (Å²) in [5.41, 5.74) is 0. The van der Waals surface area contributed by atoms with Gasteiger partial charge in [-0.25, -0.2) is 0 Å². The molecule has 0 amide bonds. The van der Waals surface area contributed by atoms with Crippen LogP contribution in [-0.4, -0.2) is 6.16 Å². The molecule has 0 fully saturated rings. The van der Waals surface area contributed by atoms with Crippen LogP contribution in [0.5, 0.6) is 0 Å². The van der Waals surface area contributed by atoms with Gasteiger partial charge in [0.1, 0.15) is 0 Å². The normalized spacial score (nSPS) is 12.3. The summed E-state index contributed by atoms with van der Waals surface area (Å²) in [4.78, 5) is 0. The molecule has 0 spiro atoms. The summed E-state index contributed by atoms with van der Waals surface area (Å²) in [5.74, 6) is 2.21. The second kappa shape index (κ2) is 5.17. The zero-order chi connectivity index (χ0) is 4.83. The van der Waals surface area contributed by atoms with Gasteiger partial charge >= 0.3 is 0 Å². The first-order valence-electron chi connectivity index (χ1n) is 2.26. The van der Waals surface area contributed by atoms with E-state index in [1.165, 1.54) is 6.16 Å². The fourth-order valence-corrected chi connectivity index (χ4v) is 0.707. The van der Waals surface area contributed by atoms with Gasteiger partial charge in [-0.15, -0.1) is 0 Å². The zero-order valence-corrected chi connectivity index (χ0v) is 5.36. The maximum Gasteiger partial charge on any atom is -0.0347 e. The number of rotatable bonds is 2. The molecule has 0 nitrogen and oxygen atoms in total. The molecule has 0 aliphatic heterocycles. The Kier molecular flexibility index (Phi) is 5.32. The molecule has 0 aromatic carbocycles. The fourth-order valence-electron chi connectivity index (χ4n) is 0.236. The van der Waals surface area contributed by atoms with E-state index in [1.54, 1.807) is 0 Å². The monoisotopic (exact) mass is 102 g/mol. The number of hydrogen-bond donors (Lipinski definition) is 0. The third-order valence-electron chi connectivity index (χ3n) is 0.489. The van der Waals surface area contributed by atoms with E-state index in [0.717, 1.165) is 8.58 Å². The molecule has 6 heavy (non-hydrogen) atoms. The van der Waals surface area contributed by atoms with Crippen molar-refractivity contribution in [2.75, 3.05) is 6.16 Å². The molecule has 36 valence electrons. The summed E-state index contributed by atoms with van der Waals surface area (Å²) in [6.45, 7) is 4.25. The Bertz CT molecular complexity index is 39.2. The van der Waals surface area contributed by atoms with Crippen molar-refractivity contribution >= 4 is 8.58 Å². The van der Waals surface area contributed by atoms with E-state index >= 15 is 0 Å². The van der Waals surface area contributed by atoms with Crippen molar-refractivity contribution in [3.8, 4) is 0 Å². The third kappa shape index (κ3) is 4.17. The largest absolute Gasteiger partial charge is 0.0990 e. The van der Waals surface area contributed by atoms with E-state index in [9.17, 15) is 0 Å². The number of hydrogen-bond acceptors (Lipinski definition) is 0. The number of allylic oxidation sites excluding steroid dienone is 1. The van der Waals surface area contributed by atoms with Crippen LogP contribution in [0.4, 0.5) is 0 Å². The molecule has 1 unspecified atom stereocenters. The minimum absolute atomic E-state index is 1.03. The molecule has 0 saturated carbocycles. The van der Waals surface area contributed by atoms with Crippen molar-refractivity contribution < 1.29 is 0 Å². The van der Waals surface area contributed by atoms with Crippen LogP contribution in [0.25, 0.3) is 0 Å². The van der Waals surface area contributed by atoms with Crippen molar-refractivity contribution in [3.05, 3.63) is 11.9 Å². The first kappa shape index (κ1) is 6.17. The van der Waals surface area contributed by atoms with Gasteiger partial charge in [-0.3, -0.25) is 0 Å². The summed E-state index contributed by atoms with van der Waals surface area (Å²) in [5, 5.41) is 0. The molecular formula is C5H11P. The second-order valence-electron chi connectivity index (χ2n) is 1.06. The van der Waals surface area contributed by atoms with Crippen molar-refractivity contribution in [1.29, 1.82) is 0 Å². The maximum absolute atomic E-state index is 2.21. The Labute approximate surface area is 41.4 Å². The summed E-state index contributed by atoms with van der Waals surface area (Å²) in [6.07, 6.45) is 3.40. The van der Waals surface area contributed by atoms with Crippen LogP contribution in [0.15, 0.2) is 11.9 Å². The summed E-state index contributed by atoms with van der Waals surface area (Å²) >= 11 is 0. The molecule has 1 atom stereocenters. The average molecular weight is 102 g/mol. The molecule has 0 N–H and O–H groups in total. The van der Waals surface area contributed by atoms with Gasteiger partial charge in [-0.1, -0.05) is 27.4 Å². The molecule has 0 bridgehead atoms. The van der Waals surface area contributed by atoms with Crippen molar-refractivity contribution in [2.24, 2.45) is 0 Å². The Morgan fingerprint density at radius 3 is 2.50 bits per heavy atom. The predicted molar refractivity (Wildman–Crippen MR) is 33.7 cm³/mol. The smallest absolute Gasteiger partial charge is 0.0347 e. The highest BCUT2D eigenvalue weighted by atomic mass is 31.1. The van der Waals surface area contributed by atoms with Crippen LogP contribution in [0.2, 0.25) is 0 Å². The van der Waals surface area contributed by atoms with E-state index < -0.39 is 0 Å². The summed E-state index contributed by atoms with van der Waals surface area (Å²) in [6, 6.07) is 0. The predicted octanol–water partition coefficient (Wildman–Crippen LogP) is 2.22. The first-order chi connectivity index (χ1) is 2.91. The van der Waals surface area contributed by atoms with Gasteiger partial charge in [-0.05, 0) is 13.1 Å². The highest BCUT2D eigenvalue weighted by molar-refractivity contribution is 7.41. The van der Waals surface area contributed by atoms with Crippen LogP contribution in [-0.2, 0) is 0 Å². The summed E-state index contributed by atoms with van der Waals surface area (Å²) in [7, 11) is 1.03. The first-order valence-corrected chi connectivity index (χ1v) is 3.54. The molecule has 0 radical (unpaired) electrons. The van der Waals surface area contributed by atoms with Gasteiger partial charge in [0.05, 0.1) is 0 Å². The van der Waals surface area contributed by atoms with Crippen LogP contribution < -0.4 is 0 Å². The lowest BCUT2D eigenvalue weighted by atomic mass is 10.8. The standard InChI is InChI=1S/C5H11P/c1-3-5-6-4-2/h3,5-6H,4H2,1-2H3/b5-3-. The molecule has 0 rings (SSSR count). The molecule has 0 aliphatic carbocycles. The minimum atomic E-state index is 1.03. The van der Waals surface area contributed by atoms with Gasteiger partial charge in [-0.2, -0.15) is 0 Å². The Hall–Kier alpha value is 0.170. The van der Waals surface area contributed by atoms with E-state index in [1.807, 2.05) is 0 Å². The quantitative estimate of drug-likeness (QED) is 0.469. The SMILES string of the molecule is C/C=C\PCC. The lowest BCUT2D eigenvalue weighted by Gasteiger charge is -1.77. The summed E-state index contributed by atoms with van der Waals surface area (Å²) < 4.78 is 0. The minimum Gasteiger partial charge on any atom is -0.0990 e. The Morgan fingerprint density at radius 2 is 2.33 bits per heavy atom. The van der Waals surface area contributed by atoms with Gasteiger partial charge in [0, 0.05) is 0 Å². The molecule has 0 aliphatic rings. The fraction of sp³-hybridized carbons (Fsp3) is 0.600. The highest BCUT2D eigenvalue weighted by Crippen LogP contribution is 2.07. The van der Waals surface area contributed by atoms with E-state index in [4.69, 9.17) is 0 Å². The van der Waals surface area contributed by atoms with Gasteiger partial charge in [0.2, 0.25) is 0 Å². The molecule has 0 aromatic heterocycles. The van der Waals surface area contributed by atoms with Crippen molar-refractivity contribution in [1.82, 2.24) is 0 Å². The van der Waals surface area contributed by atoms with Crippen LogP contribution in [0.1, 0.15) is 13.8 Å². The zero-order valence-electron chi connectivity index (χ0n) is 4.36. The van der Waals surface area contributed by atoms with Gasteiger partial charge < -0.3 is 0 Å². The van der Waals surface area contributed by atoms with Gasteiger partial charge in [0.15, 0.2) is 0 Å². The van der Waals surface area contributed by atoms with Crippen LogP contribution in [0, 0.1) is 0 Å². The average Bonchev–Trinajstić information content (AvgIpc) is 1.61. The molecule has 0 heterocycles. The second-order valence-corrected chi connectivity index (χ2v) is 2.51. The Morgan fingerprint density at radius 1 is 1.67 bits per heavy atom. The molecule has 0 saturated heterocycles. The lowest BCUT2D eigenvalue weighted by Crippen LogP contribution is -1.49. The molecular weight excluding hydrogens is 91.0 g/mol. The van der Waals surface area contributed by atoms with Crippen molar-refractivity contribution in [3.63, 3.8) is 0 Å². The molecule has 0 aromatic rings. The van der Waals surface area contributed by atoms with E-state index in [-0.39, 0.29) is 0 Å². The van der Waals surface area contributed by atoms with Crippen LogP contribution in [0.3, 0.4) is 0 Å². The highest BCUT2D eigenvalue weighted by Gasteiger charge is 1.63. The maximum atomic E-state index is 2.21. The lowest BCUT2D eigenvalue weighted by molar-refractivity contribution is 1.52. The third-order valence-corrected chi connectivity index (χ3v) is 1.47. The topological polar surface area (TPSA) is 0 Å². The van der Waals surface area contributed by atoms with Crippen molar-refractivity contribution in [2.45, 2.75) is 13.8 Å². The Balaban J connectivity index is 2.66. The van der Waals surface area contributed by atoms with E-state index in [0.29, 0.717) is 0 Å². The van der Waals surface area contributed by atoms with Crippen LogP contribution >= 0.6 is 8.58 Å². The molecule has 1 heteroatoms. The van der Waals surface area contributed by atoms with Gasteiger partial charge in [0.25, 0.3) is 0 Å².